The zero-order valence-corrected chi connectivity index (χ0v) is 11.3. The third-order valence-electron chi connectivity index (χ3n) is 3.19. The molecule has 2 aromatic heterocycles. The van der Waals surface area contributed by atoms with Gasteiger partial charge in [0.1, 0.15) is 6.33 Å². The fourth-order valence-corrected chi connectivity index (χ4v) is 2.07. The van der Waals surface area contributed by atoms with Crippen LogP contribution in [0.2, 0.25) is 0 Å². The van der Waals surface area contributed by atoms with Crippen LogP contribution in [0.15, 0.2) is 43.0 Å². The molecule has 0 spiro atoms. The molecule has 0 radical (unpaired) electrons. The molecule has 0 aliphatic carbocycles. The topological polar surface area (TPSA) is 43.6 Å². The smallest absolute Gasteiger partial charge is 0.166 e. The highest BCUT2D eigenvalue weighted by atomic mass is 15.3. The van der Waals surface area contributed by atoms with Crippen LogP contribution in [0.25, 0.3) is 16.7 Å². The molecule has 0 bridgehead atoms. The van der Waals surface area contributed by atoms with E-state index in [1.807, 2.05) is 10.7 Å². The summed E-state index contributed by atoms with van der Waals surface area (Å²) in [5, 5.41) is 5.35. The summed E-state index contributed by atoms with van der Waals surface area (Å²) in [5.74, 6) is 0. The van der Waals surface area contributed by atoms with Gasteiger partial charge in [-0.05, 0) is 23.1 Å². The average Bonchev–Trinajstić information content (AvgIpc) is 2.82. The van der Waals surface area contributed by atoms with E-state index in [0.717, 1.165) is 16.7 Å². The van der Waals surface area contributed by atoms with Gasteiger partial charge in [0.05, 0.1) is 17.3 Å². The van der Waals surface area contributed by atoms with Crippen LogP contribution in [0.3, 0.4) is 0 Å². The Hall–Kier alpha value is -2.23. The first kappa shape index (κ1) is 11.8. The van der Waals surface area contributed by atoms with Crippen molar-refractivity contribution < 1.29 is 0 Å². The summed E-state index contributed by atoms with van der Waals surface area (Å²) in [6.07, 6.45) is 5.12. The highest BCUT2D eigenvalue weighted by Crippen LogP contribution is 2.25. The Bertz CT molecular complexity index is 722. The van der Waals surface area contributed by atoms with E-state index in [-0.39, 0.29) is 5.41 Å². The first-order valence-electron chi connectivity index (χ1n) is 6.30. The fraction of sp³-hybridized carbons (Fsp3) is 0.267. The van der Waals surface area contributed by atoms with Crippen LogP contribution in [-0.4, -0.2) is 19.7 Å². The van der Waals surface area contributed by atoms with Crippen LogP contribution in [0.1, 0.15) is 26.3 Å². The molecule has 19 heavy (non-hydrogen) atoms. The maximum Gasteiger partial charge on any atom is 0.166 e. The zero-order chi connectivity index (χ0) is 13.5. The second-order valence-electron chi connectivity index (χ2n) is 5.66. The summed E-state index contributed by atoms with van der Waals surface area (Å²) in [6.45, 7) is 6.61. The molecule has 96 valence electrons. The Kier molecular flexibility index (Phi) is 2.59. The van der Waals surface area contributed by atoms with Crippen molar-refractivity contribution in [3.05, 3.63) is 48.5 Å². The van der Waals surface area contributed by atoms with Crippen molar-refractivity contribution in [1.29, 1.82) is 0 Å². The summed E-state index contributed by atoms with van der Waals surface area (Å²) >= 11 is 0. The normalized spacial score (nSPS) is 11.9. The number of aromatic nitrogens is 4. The van der Waals surface area contributed by atoms with Gasteiger partial charge < -0.3 is 0 Å². The number of hydrogen-bond acceptors (Lipinski definition) is 3. The van der Waals surface area contributed by atoms with Crippen molar-refractivity contribution in [3.8, 4) is 5.69 Å². The highest BCUT2D eigenvalue weighted by molar-refractivity contribution is 5.74. The van der Waals surface area contributed by atoms with Crippen molar-refractivity contribution in [3.63, 3.8) is 0 Å². The van der Waals surface area contributed by atoms with Gasteiger partial charge in [-0.2, -0.15) is 5.10 Å². The molecule has 3 aromatic rings. The van der Waals surface area contributed by atoms with Crippen LogP contribution in [-0.2, 0) is 5.41 Å². The highest BCUT2D eigenvalue weighted by Gasteiger charge is 2.15. The Morgan fingerprint density at radius 3 is 2.74 bits per heavy atom. The van der Waals surface area contributed by atoms with Gasteiger partial charge >= 0.3 is 0 Å². The largest absolute Gasteiger partial charge is 0.244 e. The first-order chi connectivity index (χ1) is 9.05. The van der Waals surface area contributed by atoms with E-state index in [2.05, 4.69) is 54.0 Å². The van der Waals surface area contributed by atoms with E-state index < -0.39 is 0 Å². The lowest BCUT2D eigenvalue weighted by Gasteiger charge is -2.19. The minimum absolute atomic E-state index is 0.119. The standard InChI is InChI=1S/C15H16N4/c1-15(2,3)12-5-4-6-13(7-12)19-14-11(9-18-19)8-16-10-17-14/h4-10H,1-3H3. The van der Waals surface area contributed by atoms with Gasteiger partial charge in [0, 0.05) is 6.20 Å². The molecule has 4 heteroatoms. The summed E-state index contributed by atoms with van der Waals surface area (Å²) in [4.78, 5) is 8.31. The van der Waals surface area contributed by atoms with Gasteiger partial charge in [-0.1, -0.05) is 32.9 Å². The molecule has 0 N–H and O–H groups in total. The van der Waals surface area contributed by atoms with Crippen LogP contribution in [0.5, 0.6) is 0 Å². The van der Waals surface area contributed by atoms with E-state index in [1.165, 1.54) is 5.56 Å². The molecule has 0 amide bonds. The van der Waals surface area contributed by atoms with E-state index in [0.29, 0.717) is 0 Å². The summed E-state index contributed by atoms with van der Waals surface area (Å²) in [6, 6.07) is 8.41. The third kappa shape index (κ3) is 2.10. The van der Waals surface area contributed by atoms with E-state index in [4.69, 9.17) is 0 Å². The number of hydrogen-bond donors (Lipinski definition) is 0. The van der Waals surface area contributed by atoms with Crippen molar-refractivity contribution in [2.45, 2.75) is 26.2 Å². The van der Waals surface area contributed by atoms with Crippen molar-refractivity contribution in [2.24, 2.45) is 0 Å². The molecular weight excluding hydrogens is 236 g/mol. The lowest BCUT2D eigenvalue weighted by molar-refractivity contribution is 0.589. The van der Waals surface area contributed by atoms with E-state index in [1.54, 1.807) is 18.7 Å². The molecular formula is C15H16N4. The maximum atomic E-state index is 4.40. The third-order valence-corrected chi connectivity index (χ3v) is 3.19. The van der Waals surface area contributed by atoms with Crippen molar-refractivity contribution >= 4 is 11.0 Å². The van der Waals surface area contributed by atoms with Gasteiger partial charge in [-0.25, -0.2) is 14.6 Å². The van der Waals surface area contributed by atoms with Crippen LogP contribution >= 0.6 is 0 Å². The van der Waals surface area contributed by atoms with Crippen molar-refractivity contribution in [1.82, 2.24) is 19.7 Å². The molecule has 0 saturated heterocycles. The predicted octanol–water partition coefficient (Wildman–Crippen LogP) is 3.11. The summed E-state index contributed by atoms with van der Waals surface area (Å²) in [7, 11) is 0. The van der Waals surface area contributed by atoms with Gasteiger partial charge in [0.2, 0.25) is 0 Å². The Morgan fingerprint density at radius 1 is 1.11 bits per heavy atom. The predicted molar refractivity (Wildman–Crippen MR) is 75.4 cm³/mol. The van der Waals surface area contributed by atoms with Crippen LogP contribution in [0.4, 0.5) is 0 Å². The second-order valence-corrected chi connectivity index (χ2v) is 5.66. The molecule has 2 heterocycles. The van der Waals surface area contributed by atoms with E-state index in [9.17, 15) is 0 Å². The molecule has 0 unspecified atom stereocenters. The summed E-state index contributed by atoms with van der Waals surface area (Å²) in [5.41, 5.74) is 3.26. The summed E-state index contributed by atoms with van der Waals surface area (Å²) < 4.78 is 1.85. The van der Waals surface area contributed by atoms with Gasteiger partial charge in [0.15, 0.2) is 5.65 Å². The SMILES string of the molecule is CC(C)(C)c1cccc(-n2ncc3cncnc32)c1. The number of rotatable bonds is 1. The molecule has 0 atom stereocenters. The molecule has 4 nitrogen and oxygen atoms in total. The quantitative estimate of drug-likeness (QED) is 0.668. The maximum absolute atomic E-state index is 4.40. The molecule has 0 aliphatic rings. The average molecular weight is 252 g/mol. The second kappa shape index (κ2) is 4.16. The minimum Gasteiger partial charge on any atom is -0.244 e. The minimum atomic E-state index is 0.119. The number of fused-ring (bicyclic) bond motifs is 1. The lowest BCUT2D eigenvalue weighted by Crippen LogP contribution is -2.11. The first-order valence-corrected chi connectivity index (χ1v) is 6.30. The number of nitrogens with zero attached hydrogens (tertiary/aromatic N) is 4. The Balaban J connectivity index is 2.17. The van der Waals surface area contributed by atoms with E-state index >= 15 is 0 Å². The zero-order valence-electron chi connectivity index (χ0n) is 11.3. The van der Waals surface area contributed by atoms with Crippen LogP contribution in [0, 0.1) is 0 Å². The Morgan fingerprint density at radius 2 is 1.95 bits per heavy atom. The number of benzene rings is 1. The van der Waals surface area contributed by atoms with Gasteiger partial charge in [-0.15, -0.1) is 0 Å². The van der Waals surface area contributed by atoms with Crippen molar-refractivity contribution in [2.75, 3.05) is 0 Å². The molecule has 3 rings (SSSR count). The van der Waals surface area contributed by atoms with Crippen LogP contribution < -0.4 is 0 Å². The van der Waals surface area contributed by atoms with Gasteiger partial charge in [-0.3, -0.25) is 0 Å². The molecule has 0 saturated carbocycles. The van der Waals surface area contributed by atoms with Gasteiger partial charge in [0.25, 0.3) is 0 Å². The molecule has 0 aliphatic heterocycles. The monoisotopic (exact) mass is 252 g/mol. The Labute approximate surface area is 112 Å². The lowest BCUT2D eigenvalue weighted by atomic mass is 9.87. The molecule has 0 fully saturated rings. The molecule has 1 aromatic carbocycles. The fourth-order valence-electron chi connectivity index (χ4n) is 2.07.